The lowest BCUT2D eigenvalue weighted by Crippen LogP contribution is -2.59. The van der Waals surface area contributed by atoms with Gasteiger partial charge >= 0.3 is 6.03 Å². The van der Waals surface area contributed by atoms with E-state index in [9.17, 15) is 29.1 Å². The number of carbonyl (C=O) groups excluding carboxylic acids is 5. The standard InChI is InChI=1S/C55H89N7O6S/c1-11-15-25-47-54(67)62(34-16-12-2)55(68)57-41(8)49(63)37-50(69-60-51(64)27-22-20-18-17-19-21-24-40(7)36-38(5)13-3)42(9)56-45(14-4)43(10)61-35-23-26-48(61)53(66)58-46(52(65)59-47)33-32-44-30-28-39(6)29-31-44/h1,28-31,38,40-41,45-50,56,63H,9-10,12-27,32-37H2,2-8H3,(H,57,68)(H,58,66)(H,59,65)(H,60,64)/t38?,40?,41-,45+,46?,47+,48?,49-,50?/m1/s1. The van der Waals surface area contributed by atoms with Crippen molar-refractivity contribution >= 4 is 41.6 Å². The molecular formula is C55H89N7O6S. The first-order valence-electron chi connectivity index (χ1n) is 26.3. The zero-order valence-electron chi connectivity index (χ0n) is 43.3. The number of hydrogen-bond donors (Lipinski definition) is 6. The quantitative estimate of drug-likeness (QED) is 0.0356. The van der Waals surface area contributed by atoms with Gasteiger partial charge in [0.25, 0.3) is 5.91 Å². The topological polar surface area (TPSA) is 172 Å². The molecule has 1 aromatic carbocycles. The van der Waals surface area contributed by atoms with Crippen molar-refractivity contribution in [1.82, 2.24) is 35.8 Å². The van der Waals surface area contributed by atoms with E-state index in [1.807, 2.05) is 49.9 Å². The number of unbranched alkanes of at least 4 members (excludes halogenated alkanes) is 6. The maximum atomic E-state index is 14.4. The number of benzene rings is 1. The van der Waals surface area contributed by atoms with Crippen molar-refractivity contribution in [2.24, 2.45) is 11.8 Å². The Kier molecular flexibility index (Phi) is 27.0. The molecule has 2 heterocycles. The fraction of sp³-hybridized carbons (Fsp3) is 0.691. The first kappa shape index (κ1) is 58.8. The third-order valence-electron chi connectivity index (χ3n) is 13.9. The number of carbonyl (C=O) groups is 5. The Balaban J connectivity index is 1.86. The number of nitrogens with zero attached hydrogens (tertiary/aromatic N) is 2. The van der Waals surface area contributed by atoms with E-state index in [0.29, 0.717) is 56.5 Å². The highest BCUT2D eigenvalue weighted by atomic mass is 32.2. The Hall–Kier alpha value is -4.48. The summed E-state index contributed by atoms with van der Waals surface area (Å²) < 4.78 is 3.02. The summed E-state index contributed by atoms with van der Waals surface area (Å²) in [6.07, 6.45) is 19.4. The van der Waals surface area contributed by atoms with Gasteiger partial charge in [-0.3, -0.25) is 28.8 Å². The highest BCUT2D eigenvalue weighted by molar-refractivity contribution is 7.98. The summed E-state index contributed by atoms with van der Waals surface area (Å²) in [6.45, 7) is 24.1. The molecule has 0 bridgehead atoms. The lowest BCUT2D eigenvalue weighted by atomic mass is 9.91. The summed E-state index contributed by atoms with van der Waals surface area (Å²) in [5.41, 5.74) is 3.32. The van der Waals surface area contributed by atoms with Gasteiger partial charge in [-0.2, -0.15) is 0 Å². The van der Waals surface area contributed by atoms with Crippen LogP contribution in [0.25, 0.3) is 0 Å². The van der Waals surface area contributed by atoms with Gasteiger partial charge in [-0.15, -0.1) is 12.3 Å². The number of aliphatic hydroxyl groups excluding tert-OH is 1. The maximum Gasteiger partial charge on any atom is 0.324 e. The molecule has 0 aromatic heterocycles. The van der Waals surface area contributed by atoms with E-state index in [-0.39, 0.29) is 50.1 Å². The number of fused-ring (bicyclic) bond motifs is 1. The number of hydrogen-bond acceptors (Lipinski definition) is 9. The SMILES string of the molecule is C#CCC[C@@H]1NC(=O)C(CCc2ccc(C)cc2)NC(=O)C2CCCN2C(=C)[C@H](CC)NC(=C)C(SNC(=O)CCCCCCCCC(C)CC(C)CC)C[C@@H](O)[C@@H](C)NC(=O)N(CCCC)C1=O. The lowest BCUT2D eigenvalue weighted by Gasteiger charge is -2.36. The smallest absolute Gasteiger partial charge is 0.324 e. The van der Waals surface area contributed by atoms with Gasteiger partial charge < -0.3 is 31.3 Å². The highest BCUT2D eigenvalue weighted by Gasteiger charge is 2.38. The van der Waals surface area contributed by atoms with Crippen molar-refractivity contribution in [3.63, 3.8) is 0 Å². The van der Waals surface area contributed by atoms with Gasteiger partial charge in [0.2, 0.25) is 17.7 Å². The lowest BCUT2D eigenvalue weighted by molar-refractivity contribution is -0.136. The predicted molar refractivity (Wildman–Crippen MR) is 282 cm³/mol. The maximum absolute atomic E-state index is 14.4. The second kappa shape index (κ2) is 31.7. The second-order valence-corrected chi connectivity index (χ2v) is 20.9. The third kappa shape index (κ3) is 20.4. The Bertz CT molecular complexity index is 1840. The average Bonchev–Trinajstić information content (AvgIpc) is 3.83. The van der Waals surface area contributed by atoms with Crippen LogP contribution < -0.4 is 26.0 Å². The van der Waals surface area contributed by atoms with Gasteiger partial charge in [-0.1, -0.05) is 129 Å². The molecule has 2 aliphatic rings. The first-order valence-corrected chi connectivity index (χ1v) is 27.2. The molecule has 6 N–H and O–H groups in total. The molecule has 2 aliphatic heterocycles. The molecule has 13 nitrogen and oxygen atoms in total. The molecule has 1 aromatic rings. The minimum atomic E-state index is -1.16. The van der Waals surface area contributed by atoms with Gasteiger partial charge in [0, 0.05) is 37.3 Å². The van der Waals surface area contributed by atoms with Crippen LogP contribution in [-0.2, 0) is 25.6 Å². The summed E-state index contributed by atoms with van der Waals surface area (Å²) in [5, 5.41) is 23.5. The number of rotatable bonds is 23. The molecule has 386 valence electrons. The van der Waals surface area contributed by atoms with E-state index in [1.54, 1.807) is 6.92 Å². The summed E-state index contributed by atoms with van der Waals surface area (Å²) in [6, 6.07) is 3.33. The van der Waals surface area contributed by atoms with Crippen LogP contribution in [-0.4, -0.2) is 99.2 Å². The van der Waals surface area contributed by atoms with Gasteiger partial charge in [-0.25, -0.2) is 4.79 Å². The molecule has 9 atom stereocenters. The van der Waals surface area contributed by atoms with Gasteiger partial charge in [0.05, 0.1) is 23.4 Å². The average molecular weight is 976 g/mol. The van der Waals surface area contributed by atoms with E-state index in [0.717, 1.165) is 53.5 Å². The zero-order valence-corrected chi connectivity index (χ0v) is 44.2. The fourth-order valence-electron chi connectivity index (χ4n) is 9.20. The molecule has 3 rings (SSSR count). The minimum Gasteiger partial charge on any atom is -0.391 e. The molecular weight excluding hydrogens is 887 g/mol. The Morgan fingerprint density at radius 2 is 1.58 bits per heavy atom. The van der Waals surface area contributed by atoms with Crippen LogP contribution in [0.4, 0.5) is 4.79 Å². The molecule has 0 aliphatic carbocycles. The van der Waals surface area contributed by atoms with Crippen molar-refractivity contribution in [3.8, 4) is 12.3 Å². The summed E-state index contributed by atoms with van der Waals surface area (Å²) >= 11 is 1.18. The molecule has 69 heavy (non-hydrogen) atoms. The van der Waals surface area contributed by atoms with Crippen molar-refractivity contribution in [2.45, 2.75) is 218 Å². The molecule has 0 saturated carbocycles. The minimum absolute atomic E-state index is 0.0697. The molecule has 2 fully saturated rings. The number of terminal acetylenes is 1. The number of imide groups is 1. The van der Waals surface area contributed by atoms with Crippen molar-refractivity contribution in [3.05, 3.63) is 59.9 Å². The number of urea groups is 1. The number of amides is 6. The molecule has 0 spiro atoms. The van der Waals surface area contributed by atoms with E-state index in [1.165, 1.54) is 50.5 Å². The Morgan fingerprint density at radius 3 is 2.25 bits per heavy atom. The number of aryl methyl sites for hydroxylation is 2. The van der Waals surface area contributed by atoms with Gasteiger partial charge in [0.15, 0.2) is 0 Å². The number of aliphatic hydroxyl groups is 1. The van der Waals surface area contributed by atoms with Crippen molar-refractivity contribution < 1.29 is 29.1 Å². The van der Waals surface area contributed by atoms with Gasteiger partial charge in [0.1, 0.15) is 18.1 Å². The zero-order chi connectivity index (χ0) is 50.9. The van der Waals surface area contributed by atoms with Crippen LogP contribution in [0.5, 0.6) is 0 Å². The van der Waals surface area contributed by atoms with Crippen LogP contribution in [0.2, 0.25) is 0 Å². The van der Waals surface area contributed by atoms with Crippen molar-refractivity contribution in [1.29, 1.82) is 0 Å². The van der Waals surface area contributed by atoms with E-state index >= 15 is 0 Å². The van der Waals surface area contributed by atoms with Crippen LogP contribution >= 0.6 is 11.9 Å². The Labute approximate surface area is 420 Å². The van der Waals surface area contributed by atoms with Crippen LogP contribution in [0, 0.1) is 31.1 Å². The first-order chi connectivity index (χ1) is 33.0. The predicted octanol–water partition coefficient (Wildman–Crippen LogP) is 8.99. The second-order valence-electron chi connectivity index (χ2n) is 19.9. The largest absolute Gasteiger partial charge is 0.391 e. The normalized spacial score (nSPS) is 24.3. The van der Waals surface area contributed by atoms with Crippen LogP contribution in [0.3, 0.4) is 0 Å². The van der Waals surface area contributed by atoms with Gasteiger partial charge in [-0.05, 0) is 107 Å². The highest BCUT2D eigenvalue weighted by Crippen LogP contribution is 2.28. The summed E-state index contributed by atoms with van der Waals surface area (Å²) in [7, 11) is 0. The monoisotopic (exact) mass is 976 g/mol. The Morgan fingerprint density at radius 1 is 0.899 bits per heavy atom. The molecule has 5 unspecified atom stereocenters. The molecule has 2 saturated heterocycles. The molecule has 6 amide bonds. The summed E-state index contributed by atoms with van der Waals surface area (Å²) in [5.74, 6) is 2.49. The number of nitrogens with one attached hydrogen (secondary N) is 5. The molecule has 0 radical (unpaired) electrons. The third-order valence-corrected chi connectivity index (χ3v) is 15.1. The van der Waals surface area contributed by atoms with E-state index in [4.69, 9.17) is 6.42 Å². The molecule has 14 heteroatoms. The van der Waals surface area contributed by atoms with Crippen LogP contribution in [0.1, 0.15) is 175 Å². The van der Waals surface area contributed by atoms with E-state index in [2.05, 4.69) is 65.8 Å². The van der Waals surface area contributed by atoms with E-state index < -0.39 is 53.4 Å². The van der Waals surface area contributed by atoms with Crippen LogP contribution in [0.15, 0.2) is 48.8 Å². The fourth-order valence-corrected chi connectivity index (χ4v) is 10.1. The van der Waals surface area contributed by atoms with Crippen molar-refractivity contribution in [2.75, 3.05) is 13.1 Å². The summed E-state index contributed by atoms with van der Waals surface area (Å²) in [4.78, 5) is 73.5.